The average molecular weight is 317 g/mol. The van der Waals surface area contributed by atoms with Gasteiger partial charge in [-0.25, -0.2) is 18.7 Å². The monoisotopic (exact) mass is 317 g/mol. The van der Waals surface area contributed by atoms with Crippen LogP contribution in [0.4, 0.5) is 14.6 Å². The molecule has 0 radical (unpaired) electrons. The maximum Gasteiger partial charge on any atom is 0.266 e. The molecule has 8 heteroatoms. The molecule has 1 unspecified atom stereocenters. The van der Waals surface area contributed by atoms with Crippen molar-refractivity contribution in [2.24, 2.45) is 0 Å². The van der Waals surface area contributed by atoms with Gasteiger partial charge in [-0.05, 0) is 25.1 Å². The third-order valence-corrected chi connectivity index (χ3v) is 4.01. The van der Waals surface area contributed by atoms with Crippen LogP contribution in [-0.2, 0) is 5.67 Å². The highest BCUT2D eigenvalue weighted by Crippen LogP contribution is 2.38. The van der Waals surface area contributed by atoms with Crippen LogP contribution in [0.3, 0.4) is 0 Å². The molecule has 3 aromatic rings. The van der Waals surface area contributed by atoms with Crippen molar-refractivity contribution in [1.29, 1.82) is 0 Å². The number of fused-ring (bicyclic) bond motifs is 1. The maximum atomic E-state index is 15.1. The molecule has 118 valence electrons. The number of hydrogen-bond acceptors (Lipinski definition) is 6. The van der Waals surface area contributed by atoms with Gasteiger partial charge in [-0.3, -0.25) is 0 Å². The number of hydrogen-bond donors (Lipinski definition) is 0. The molecule has 0 aliphatic carbocycles. The summed E-state index contributed by atoms with van der Waals surface area (Å²) in [6.45, 7) is 2.08. The molecule has 0 saturated carbocycles. The van der Waals surface area contributed by atoms with E-state index >= 15 is 4.39 Å². The van der Waals surface area contributed by atoms with Crippen molar-refractivity contribution in [2.75, 3.05) is 18.0 Å². The van der Waals surface area contributed by atoms with Crippen LogP contribution in [0.2, 0.25) is 0 Å². The lowest BCUT2D eigenvalue weighted by atomic mass is 10.1. The van der Waals surface area contributed by atoms with Gasteiger partial charge in [0.15, 0.2) is 5.82 Å². The molecule has 0 N–H and O–H groups in total. The van der Waals surface area contributed by atoms with Crippen LogP contribution in [-0.4, -0.2) is 33.2 Å². The summed E-state index contributed by atoms with van der Waals surface area (Å²) in [4.78, 5) is 14.1. The van der Waals surface area contributed by atoms with E-state index in [9.17, 15) is 4.39 Å². The second-order valence-corrected chi connectivity index (χ2v) is 5.64. The number of halogens is 2. The Morgan fingerprint density at radius 1 is 1.30 bits per heavy atom. The van der Waals surface area contributed by atoms with Crippen molar-refractivity contribution in [3.63, 3.8) is 0 Å². The standard InChI is InChI=1S/C15H13F2N5O/c1-9-20-14(23-21-9)15(17)4-5-22(7-15)13-11-6-10(16)2-3-12(11)18-8-19-13/h2-3,6,8H,4-5,7H2,1H3. The van der Waals surface area contributed by atoms with Gasteiger partial charge in [0.05, 0.1) is 12.1 Å². The van der Waals surface area contributed by atoms with Crippen LogP contribution in [0.15, 0.2) is 29.0 Å². The summed E-state index contributed by atoms with van der Waals surface area (Å²) in [6.07, 6.45) is 1.60. The van der Waals surface area contributed by atoms with Crippen LogP contribution in [0.25, 0.3) is 10.9 Å². The SMILES string of the molecule is Cc1noc(C2(F)CCN(c3ncnc4ccc(F)cc34)C2)n1. The van der Waals surface area contributed by atoms with E-state index in [0.717, 1.165) is 0 Å². The highest BCUT2D eigenvalue weighted by Gasteiger charge is 2.45. The van der Waals surface area contributed by atoms with E-state index in [4.69, 9.17) is 4.52 Å². The first-order valence-corrected chi connectivity index (χ1v) is 7.20. The largest absolute Gasteiger partial charge is 0.352 e. The molecule has 1 aliphatic heterocycles. The Kier molecular flexibility index (Phi) is 3.00. The van der Waals surface area contributed by atoms with Crippen LogP contribution < -0.4 is 4.90 Å². The molecular formula is C15H13F2N5O. The lowest BCUT2D eigenvalue weighted by Crippen LogP contribution is -2.28. The number of aromatic nitrogens is 4. The van der Waals surface area contributed by atoms with Crippen LogP contribution >= 0.6 is 0 Å². The van der Waals surface area contributed by atoms with Crippen molar-refractivity contribution in [3.05, 3.63) is 42.1 Å². The number of alkyl halides is 1. The topological polar surface area (TPSA) is 67.9 Å². The van der Waals surface area contributed by atoms with Crippen molar-refractivity contribution in [2.45, 2.75) is 19.0 Å². The van der Waals surface area contributed by atoms with E-state index < -0.39 is 5.67 Å². The Hall–Kier alpha value is -2.64. The molecule has 6 nitrogen and oxygen atoms in total. The van der Waals surface area contributed by atoms with E-state index in [0.29, 0.717) is 29.1 Å². The second-order valence-electron chi connectivity index (χ2n) is 5.64. The molecule has 0 amide bonds. The molecule has 1 aromatic carbocycles. The fraction of sp³-hybridized carbons (Fsp3) is 0.333. The molecule has 0 bridgehead atoms. The first-order valence-electron chi connectivity index (χ1n) is 7.20. The van der Waals surface area contributed by atoms with Gasteiger partial charge >= 0.3 is 0 Å². The molecule has 1 atom stereocenters. The number of benzene rings is 1. The Bertz CT molecular complexity index is 883. The fourth-order valence-corrected chi connectivity index (χ4v) is 2.87. The quantitative estimate of drug-likeness (QED) is 0.723. The normalized spacial score (nSPS) is 21.3. The molecule has 3 heterocycles. The number of rotatable bonds is 2. The van der Waals surface area contributed by atoms with E-state index in [-0.39, 0.29) is 24.7 Å². The third kappa shape index (κ3) is 2.30. The minimum Gasteiger partial charge on any atom is -0.352 e. The molecule has 0 spiro atoms. The van der Waals surface area contributed by atoms with E-state index in [1.807, 2.05) is 0 Å². The highest BCUT2D eigenvalue weighted by molar-refractivity contribution is 5.89. The zero-order valence-corrected chi connectivity index (χ0v) is 12.3. The first kappa shape index (κ1) is 14.0. The Morgan fingerprint density at radius 3 is 2.96 bits per heavy atom. The zero-order valence-electron chi connectivity index (χ0n) is 12.3. The van der Waals surface area contributed by atoms with Gasteiger partial charge in [0.2, 0.25) is 5.67 Å². The number of nitrogens with zero attached hydrogens (tertiary/aromatic N) is 5. The minimum atomic E-state index is -1.73. The molecule has 4 rings (SSSR count). The van der Waals surface area contributed by atoms with E-state index in [1.54, 1.807) is 17.9 Å². The van der Waals surface area contributed by atoms with Gasteiger partial charge in [-0.1, -0.05) is 5.16 Å². The summed E-state index contributed by atoms with van der Waals surface area (Å²) in [5.74, 6) is 0.490. The average Bonchev–Trinajstić information content (AvgIpc) is 3.14. The first-order chi connectivity index (χ1) is 11.0. The summed E-state index contributed by atoms with van der Waals surface area (Å²) in [6, 6.07) is 4.28. The van der Waals surface area contributed by atoms with Crippen molar-refractivity contribution < 1.29 is 13.3 Å². The molecule has 1 saturated heterocycles. The minimum absolute atomic E-state index is 0.0251. The van der Waals surface area contributed by atoms with Gasteiger partial charge in [0, 0.05) is 18.4 Å². The smallest absolute Gasteiger partial charge is 0.266 e. The van der Waals surface area contributed by atoms with Gasteiger partial charge in [-0.15, -0.1) is 0 Å². The van der Waals surface area contributed by atoms with Crippen LogP contribution in [0, 0.1) is 12.7 Å². The van der Waals surface area contributed by atoms with Gasteiger partial charge in [0.1, 0.15) is 18.0 Å². The summed E-state index contributed by atoms with van der Waals surface area (Å²) in [5, 5.41) is 4.20. The summed E-state index contributed by atoms with van der Waals surface area (Å²) >= 11 is 0. The second kappa shape index (κ2) is 4.94. The molecule has 1 fully saturated rings. The van der Waals surface area contributed by atoms with Gasteiger partial charge < -0.3 is 9.42 Å². The third-order valence-electron chi connectivity index (χ3n) is 4.01. The Labute approximate surface area is 130 Å². The van der Waals surface area contributed by atoms with E-state index in [1.165, 1.54) is 18.5 Å². The summed E-state index contributed by atoms with van der Waals surface area (Å²) < 4.78 is 33.6. The van der Waals surface area contributed by atoms with Crippen molar-refractivity contribution in [1.82, 2.24) is 20.1 Å². The zero-order chi connectivity index (χ0) is 16.0. The molecule has 23 heavy (non-hydrogen) atoms. The molecular weight excluding hydrogens is 304 g/mol. The van der Waals surface area contributed by atoms with Crippen molar-refractivity contribution >= 4 is 16.7 Å². The lowest BCUT2D eigenvalue weighted by molar-refractivity contribution is 0.136. The Balaban J connectivity index is 1.72. The van der Waals surface area contributed by atoms with Gasteiger partial charge in [-0.2, -0.15) is 4.98 Å². The fourth-order valence-electron chi connectivity index (χ4n) is 2.87. The van der Waals surface area contributed by atoms with Crippen LogP contribution in [0.5, 0.6) is 0 Å². The number of aryl methyl sites for hydroxylation is 1. The highest BCUT2D eigenvalue weighted by atomic mass is 19.1. The summed E-state index contributed by atoms with van der Waals surface area (Å²) in [5.41, 5.74) is -1.12. The predicted octanol–water partition coefficient (Wildman–Crippen LogP) is 2.54. The van der Waals surface area contributed by atoms with Crippen molar-refractivity contribution in [3.8, 4) is 0 Å². The van der Waals surface area contributed by atoms with Crippen LogP contribution in [0.1, 0.15) is 18.1 Å². The molecule has 1 aliphatic rings. The number of anilines is 1. The van der Waals surface area contributed by atoms with E-state index in [2.05, 4.69) is 20.1 Å². The maximum absolute atomic E-state index is 15.1. The van der Waals surface area contributed by atoms with Gasteiger partial charge in [0.25, 0.3) is 5.89 Å². The Morgan fingerprint density at radius 2 is 2.17 bits per heavy atom. The predicted molar refractivity (Wildman–Crippen MR) is 78.1 cm³/mol. The lowest BCUT2D eigenvalue weighted by Gasteiger charge is -2.20. The molecule has 2 aromatic heterocycles. The summed E-state index contributed by atoms with van der Waals surface area (Å²) in [7, 11) is 0.